The number of ether oxygens (including phenoxy) is 1. The van der Waals surface area contributed by atoms with Crippen molar-refractivity contribution in [3.63, 3.8) is 0 Å². The smallest absolute Gasteiger partial charge is 0.344 e. The molecule has 0 unspecified atom stereocenters. The van der Waals surface area contributed by atoms with Crippen molar-refractivity contribution in [1.29, 1.82) is 0 Å². The predicted molar refractivity (Wildman–Crippen MR) is 96.4 cm³/mol. The van der Waals surface area contributed by atoms with Crippen molar-refractivity contribution in [2.24, 2.45) is 0 Å². The number of esters is 1. The van der Waals surface area contributed by atoms with Crippen molar-refractivity contribution < 1.29 is 14.1 Å². The molecule has 136 valence electrons. The lowest BCUT2D eigenvalue weighted by Crippen LogP contribution is -2.08. The predicted octanol–water partition coefficient (Wildman–Crippen LogP) is 4.37. The zero-order valence-electron chi connectivity index (χ0n) is 14.8. The zero-order valence-corrected chi connectivity index (χ0v) is 15.6. The van der Waals surface area contributed by atoms with Gasteiger partial charge in [0, 0.05) is 18.2 Å². The van der Waals surface area contributed by atoms with Gasteiger partial charge < -0.3 is 9.26 Å². The van der Waals surface area contributed by atoms with Crippen LogP contribution in [0, 0.1) is 0 Å². The summed E-state index contributed by atoms with van der Waals surface area (Å²) in [6.45, 7) is 6.09. The van der Waals surface area contributed by atoms with Crippen LogP contribution in [-0.4, -0.2) is 32.5 Å². The second kappa shape index (κ2) is 6.39. The van der Waals surface area contributed by atoms with Crippen LogP contribution in [0.3, 0.4) is 0 Å². The highest BCUT2D eigenvalue weighted by Gasteiger charge is 2.37. The van der Waals surface area contributed by atoms with Gasteiger partial charge in [-0.1, -0.05) is 16.8 Å². The molecule has 26 heavy (non-hydrogen) atoms. The topological polar surface area (TPSA) is 83.0 Å². The zero-order chi connectivity index (χ0) is 18.4. The van der Waals surface area contributed by atoms with Gasteiger partial charge in [-0.2, -0.15) is 5.10 Å². The summed E-state index contributed by atoms with van der Waals surface area (Å²) in [5.74, 6) is 0.339. The van der Waals surface area contributed by atoms with Crippen LogP contribution in [0.15, 0.2) is 16.8 Å². The molecule has 8 heteroatoms. The van der Waals surface area contributed by atoms with Crippen molar-refractivity contribution in [1.82, 2.24) is 19.9 Å². The van der Waals surface area contributed by atoms with Gasteiger partial charge in [-0.25, -0.2) is 9.78 Å². The third kappa shape index (κ3) is 2.67. The standard InChI is InChI=1S/C18H19ClN4O3/c1-4-25-18(24)13-15(22-26-16(13)10-5-6-10)14-12-11(7-8-20-17(12)19)23(21-14)9(2)3/h7-10H,4-6H2,1-3H3. The van der Waals surface area contributed by atoms with Crippen molar-refractivity contribution in [2.75, 3.05) is 6.61 Å². The first-order valence-corrected chi connectivity index (χ1v) is 9.10. The van der Waals surface area contributed by atoms with Gasteiger partial charge >= 0.3 is 5.97 Å². The molecular formula is C18H19ClN4O3. The fraction of sp³-hybridized carbons (Fsp3) is 0.444. The van der Waals surface area contributed by atoms with Gasteiger partial charge in [0.25, 0.3) is 0 Å². The van der Waals surface area contributed by atoms with E-state index in [4.69, 9.17) is 20.9 Å². The highest BCUT2D eigenvalue weighted by atomic mass is 35.5. The summed E-state index contributed by atoms with van der Waals surface area (Å²) in [5, 5.41) is 9.83. The highest BCUT2D eigenvalue weighted by molar-refractivity contribution is 6.35. The Bertz CT molecular complexity index is 988. The van der Waals surface area contributed by atoms with Gasteiger partial charge in [-0.05, 0) is 39.7 Å². The van der Waals surface area contributed by atoms with Gasteiger partial charge in [-0.3, -0.25) is 4.68 Å². The average Bonchev–Trinajstić information content (AvgIpc) is 3.22. The molecule has 1 saturated carbocycles. The summed E-state index contributed by atoms with van der Waals surface area (Å²) >= 11 is 6.37. The van der Waals surface area contributed by atoms with Crippen LogP contribution >= 0.6 is 11.6 Å². The average molecular weight is 375 g/mol. The Morgan fingerprint density at radius 1 is 1.42 bits per heavy atom. The van der Waals surface area contributed by atoms with Crippen LogP contribution in [0.25, 0.3) is 22.3 Å². The Kier molecular flexibility index (Phi) is 4.19. The number of rotatable bonds is 5. The molecular weight excluding hydrogens is 356 g/mol. The maximum Gasteiger partial charge on any atom is 0.344 e. The van der Waals surface area contributed by atoms with Crippen molar-refractivity contribution in [3.05, 3.63) is 28.7 Å². The van der Waals surface area contributed by atoms with Crippen LogP contribution in [0.1, 0.15) is 61.7 Å². The lowest BCUT2D eigenvalue weighted by molar-refractivity contribution is 0.0524. The Balaban J connectivity index is 1.98. The molecule has 3 aromatic rings. The Hall–Kier alpha value is -2.41. The molecule has 3 heterocycles. The lowest BCUT2D eigenvalue weighted by atomic mass is 10.1. The van der Waals surface area contributed by atoms with Gasteiger partial charge in [0.15, 0.2) is 5.76 Å². The first-order chi connectivity index (χ1) is 12.5. The minimum atomic E-state index is -0.446. The minimum absolute atomic E-state index is 0.102. The normalized spacial score (nSPS) is 14.3. The summed E-state index contributed by atoms with van der Waals surface area (Å²) in [5.41, 5.74) is 2.04. The fourth-order valence-electron chi connectivity index (χ4n) is 3.10. The number of hydrogen-bond donors (Lipinski definition) is 0. The molecule has 7 nitrogen and oxygen atoms in total. The number of carbonyl (C=O) groups excluding carboxylic acids is 1. The molecule has 0 aromatic carbocycles. The molecule has 0 saturated heterocycles. The number of carbonyl (C=O) groups is 1. The van der Waals surface area contributed by atoms with Crippen molar-refractivity contribution >= 4 is 28.5 Å². The van der Waals surface area contributed by atoms with E-state index in [0.29, 0.717) is 33.3 Å². The van der Waals surface area contributed by atoms with Crippen molar-refractivity contribution in [2.45, 2.75) is 45.6 Å². The van der Waals surface area contributed by atoms with E-state index < -0.39 is 5.97 Å². The van der Waals surface area contributed by atoms with Crippen LogP contribution in [0.5, 0.6) is 0 Å². The van der Waals surface area contributed by atoms with Gasteiger partial charge in [-0.15, -0.1) is 0 Å². The Morgan fingerprint density at radius 2 is 2.19 bits per heavy atom. The van der Waals surface area contributed by atoms with E-state index in [0.717, 1.165) is 18.4 Å². The summed E-state index contributed by atoms with van der Waals surface area (Å²) in [7, 11) is 0. The first kappa shape index (κ1) is 17.0. The number of hydrogen-bond acceptors (Lipinski definition) is 6. The maximum atomic E-state index is 12.6. The summed E-state index contributed by atoms with van der Waals surface area (Å²) in [6.07, 6.45) is 3.59. The van der Waals surface area contributed by atoms with E-state index in [1.165, 1.54) is 0 Å². The quantitative estimate of drug-likeness (QED) is 0.487. The van der Waals surface area contributed by atoms with Crippen LogP contribution in [0.2, 0.25) is 5.15 Å². The molecule has 0 radical (unpaired) electrons. The molecule has 0 N–H and O–H groups in total. The summed E-state index contributed by atoms with van der Waals surface area (Å²) in [4.78, 5) is 16.8. The van der Waals surface area contributed by atoms with E-state index in [1.807, 2.05) is 24.6 Å². The van der Waals surface area contributed by atoms with E-state index in [-0.39, 0.29) is 18.6 Å². The van der Waals surface area contributed by atoms with E-state index in [9.17, 15) is 4.79 Å². The molecule has 0 aliphatic heterocycles. The monoisotopic (exact) mass is 374 g/mol. The van der Waals surface area contributed by atoms with Crippen molar-refractivity contribution in [3.8, 4) is 11.4 Å². The molecule has 0 atom stereocenters. The SMILES string of the molecule is CCOC(=O)c1c(-c2nn(C(C)C)c3ccnc(Cl)c23)noc1C1CC1. The highest BCUT2D eigenvalue weighted by Crippen LogP contribution is 2.45. The Morgan fingerprint density at radius 3 is 2.85 bits per heavy atom. The molecule has 1 aliphatic rings. The maximum absolute atomic E-state index is 12.6. The van der Waals surface area contributed by atoms with Gasteiger partial charge in [0.1, 0.15) is 22.1 Å². The largest absolute Gasteiger partial charge is 0.462 e. The fourth-order valence-corrected chi connectivity index (χ4v) is 3.34. The third-order valence-corrected chi connectivity index (χ3v) is 4.72. The second-order valence-electron chi connectivity index (χ2n) is 6.65. The molecule has 3 aromatic heterocycles. The van der Waals surface area contributed by atoms with Crippen LogP contribution in [-0.2, 0) is 4.74 Å². The van der Waals surface area contributed by atoms with Gasteiger partial charge in [0.05, 0.1) is 17.5 Å². The number of aromatic nitrogens is 4. The van der Waals surface area contributed by atoms with E-state index in [2.05, 4.69) is 15.2 Å². The molecule has 1 aliphatic carbocycles. The van der Waals surface area contributed by atoms with E-state index in [1.54, 1.807) is 13.1 Å². The molecule has 0 spiro atoms. The molecule has 0 bridgehead atoms. The summed E-state index contributed by atoms with van der Waals surface area (Å²) < 4.78 is 12.6. The van der Waals surface area contributed by atoms with Gasteiger partial charge in [0.2, 0.25) is 0 Å². The number of fused-ring (bicyclic) bond motifs is 1. The summed E-state index contributed by atoms with van der Waals surface area (Å²) in [6, 6.07) is 1.95. The molecule has 4 rings (SSSR count). The molecule has 1 fully saturated rings. The number of halogens is 1. The third-order valence-electron chi connectivity index (χ3n) is 4.43. The Labute approximate surface area is 155 Å². The minimum Gasteiger partial charge on any atom is -0.462 e. The lowest BCUT2D eigenvalue weighted by Gasteiger charge is -2.06. The number of nitrogens with zero attached hydrogens (tertiary/aromatic N) is 4. The van der Waals surface area contributed by atoms with Crippen LogP contribution < -0.4 is 0 Å². The van der Waals surface area contributed by atoms with E-state index >= 15 is 0 Å². The second-order valence-corrected chi connectivity index (χ2v) is 7.01. The first-order valence-electron chi connectivity index (χ1n) is 8.72. The van der Waals surface area contributed by atoms with Crippen LogP contribution in [0.4, 0.5) is 0 Å². The molecule has 0 amide bonds. The number of pyridine rings is 1.